The van der Waals surface area contributed by atoms with Crippen LogP contribution in [-0.4, -0.2) is 41.1 Å². The van der Waals surface area contributed by atoms with E-state index in [2.05, 4.69) is 0 Å². The zero-order valence-electron chi connectivity index (χ0n) is 15.8. The first kappa shape index (κ1) is 19.4. The Labute approximate surface area is 161 Å². The van der Waals surface area contributed by atoms with Crippen LogP contribution in [0.15, 0.2) is 18.2 Å². The number of fused-ring (bicyclic) bond motifs is 1. The maximum absolute atomic E-state index is 12.5. The number of nitro benzene ring substituents is 1. The number of nitrogens with zero attached hydrogens (tertiary/aromatic N) is 2. The van der Waals surface area contributed by atoms with Crippen LogP contribution in [0, 0.1) is 24.0 Å². The smallest absolute Gasteiger partial charge is 0.345 e. The standard InChI is InChI=1S/C19H20N2O7/c1-4-20-11(2)7-13(12(20)3)16(22)10-28-19(23)14-8-17-18(27-6-5-26-17)9-15(14)21(24)25/h7-9H,4-6,10H2,1-3H3. The molecular formula is C19H20N2O7. The van der Waals surface area contributed by atoms with Crippen molar-refractivity contribution in [3.8, 4) is 11.5 Å². The third kappa shape index (κ3) is 3.55. The van der Waals surface area contributed by atoms with Crippen molar-refractivity contribution in [3.63, 3.8) is 0 Å². The predicted octanol–water partition coefficient (Wildman–Crippen LogP) is 2.84. The minimum Gasteiger partial charge on any atom is -0.486 e. The van der Waals surface area contributed by atoms with E-state index in [1.807, 2.05) is 25.3 Å². The Hall–Kier alpha value is -3.36. The van der Waals surface area contributed by atoms with E-state index in [0.29, 0.717) is 12.1 Å². The van der Waals surface area contributed by atoms with Gasteiger partial charge in [0.25, 0.3) is 5.69 Å². The maximum atomic E-state index is 12.5. The normalized spacial score (nSPS) is 12.5. The Morgan fingerprint density at radius 3 is 2.36 bits per heavy atom. The molecule has 1 aliphatic rings. The van der Waals surface area contributed by atoms with Gasteiger partial charge in [-0.25, -0.2) is 4.79 Å². The molecule has 1 aliphatic heterocycles. The van der Waals surface area contributed by atoms with Gasteiger partial charge in [0.2, 0.25) is 5.78 Å². The molecule has 28 heavy (non-hydrogen) atoms. The van der Waals surface area contributed by atoms with Crippen LogP contribution in [0.3, 0.4) is 0 Å². The van der Waals surface area contributed by atoms with E-state index in [-0.39, 0.29) is 36.1 Å². The highest BCUT2D eigenvalue weighted by molar-refractivity contribution is 6.01. The number of esters is 1. The van der Waals surface area contributed by atoms with Crippen molar-refractivity contribution in [2.24, 2.45) is 0 Å². The van der Waals surface area contributed by atoms with Gasteiger partial charge in [-0.05, 0) is 26.8 Å². The first-order valence-corrected chi connectivity index (χ1v) is 8.78. The van der Waals surface area contributed by atoms with E-state index < -0.39 is 23.2 Å². The number of ether oxygens (including phenoxy) is 3. The van der Waals surface area contributed by atoms with Crippen molar-refractivity contribution in [2.75, 3.05) is 19.8 Å². The average molecular weight is 388 g/mol. The fraction of sp³-hybridized carbons (Fsp3) is 0.368. The number of nitro groups is 1. The molecule has 0 fully saturated rings. The first-order valence-electron chi connectivity index (χ1n) is 8.78. The van der Waals surface area contributed by atoms with Crippen LogP contribution < -0.4 is 9.47 Å². The summed E-state index contributed by atoms with van der Waals surface area (Å²) in [6.45, 7) is 6.40. The van der Waals surface area contributed by atoms with Crippen molar-refractivity contribution < 1.29 is 28.7 Å². The van der Waals surface area contributed by atoms with Gasteiger partial charge < -0.3 is 18.8 Å². The lowest BCUT2D eigenvalue weighted by atomic mass is 10.1. The highest BCUT2D eigenvalue weighted by Crippen LogP contribution is 2.36. The molecule has 1 aromatic carbocycles. The zero-order chi connectivity index (χ0) is 20.4. The maximum Gasteiger partial charge on any atom is 0.345 e. The number of aromatic nitrogens is 1. The number of aryl methyl sites for hydroxylation is 1. The second-order valence-electron chi connectivity index (χ2n) is 6.30. The van der Waals surface area contributed by atoms with E-state index in [1.54, 1.807) is 6.07 Å². The SMILES string of the molecule is CCn1c(C)cc(C(=O)COC(=O)c2cc3c(cc2[N+](=O)[O-])OCCO3)c1C. The fourth-order valence-electron chi connectivity index (χ4n) is 3.25. The van der Waals surface area contributed by atoms with Crippen molar-refractivity contribution in [2.45, 2.75) is 27.3 Å². The molecule has 0 aliphatic carbocycles. The van der Waals surface area contributed by atoms with Gasteiger partial charge in [0.05, 0.1) is 11.0 Å². The molecular weight excluding hydrogens is 368 g/mol. The molecule has 0 saturated heterocycles. The highest BCUT2D eigenvalue weighted by Gasteiger charge is 2.28. The molecule has 0 amide bonds. The first-order chi connectivity index (χ1) is 13.3. The Bertz CT molecular complexity index is 962. The fourth-order valence-corrected chi connectivity index (χ4v) is 3.25. The third-order valence-corrected chi connectivity index (χ3v) is 4.60. The molecule has 148 valence electrons. The quantitative estimate of drug-likeness (QED) is 0.324. The van der Waals surface area contributed by atoms with E-state index in [4.69, 9.17) is 14.2 Å². The molecule has 3 rings (SSSR count). The number of benzene rings is 1. The zero-order valence-corrected chi connectivity index (χ0v) is 15.8. The molecule has 0 bridgehead atoms. The molecule has 0 spiro atoms. The summed E-state index contributed by atoms with van der Waals surface area (Å²) in [5.41, 5.74) is 1.42. The summed E-state index contributed by atoms with van der Waals surface area (Å²) in [7, 11) is 0. The van der Waals surface area contributed by atoms with Gasteiger partial charge in [-0.2, -0.15) is 0 Å². The van der Waals surface area contributed by atoms with E-state index in [0.717, 1.165) is 17.5 Å². The molecule has 0 saturated carbocycles. The summed E-state index contributed by atoms with van der Waals surface area (Å²) >= 11 is 0. The van der Waals surface area contributed by atoms with Crippen LogP contribution in [0.1, 0.15) is 39.0 Å². The minimum absolute atomic E-state index is 0.192. The Morgan fingerprint density at radius 2 is 1.79 bits per heavy atom. The summed E-state index contributed by atoms with van der Waals surface area (Å²) in [6, 6.07) is 4.08. The molecule has 0 N–H and O–H groups in total. The summed E-state index contributed by atoms with van der Waals surface area (Å²) in [5.74, 6) is -0.929. The van der Waals surface area contributed by atoms with E-state index >= 15 is 0 Å². The van der Waals surface area contributed by atoms with Crippen LogP contribution in [0.4, 0.5) is 5.69 Å². The predicted molar refractivity (Wildman–Crippen MR) is 98.3 cm³/mol. The molecule has 0 atom stereocenters. The molecule has 9 heteroatoms. The molecule has 0 unspecified atom stereocenters. The summed E-state index contributed by atoms with van der Waals surface area (Å²) in [5, 5.41) is 11.3. The van der Waals surface area contributed by atoms with Crippen molar-refractivity contribution in [3.05, 3.63) is 50.8 Å². The Morgan fingerprint density at radius 1 is 1.14 bits per heavy atom. The molecule has 9 nitrogen and oxygen atoms in total. The number of Topliss-reactive ketones (excluding diaryl/α,β-unsaturated/α-hetero) is 1. The second kappa shape index (κ2) is 7.71. The Kier molecular flexibility index (Phi) is 5.34. The van der Waals surface area contributed by atoms with Gasteiger partial charge in [-0.15, -0.1) is 0 Å². The third-order valence-electron chi connectivity index (χ3n) is 4.60. The number of hydrogen-bond donors (Lipinski definition) is 0. The van der Waals surface area contributed by atoms with Gasteiger partial charge >= 0.3 is 5.97 Å². The number of hydrogen-bond acceptors (Lipinski definition) is 7. The van der Waals surface area contributed by atoms with Gasteiger partial charge in [0, 0.05) is 29.6 Å². The second-order valence-corrected chi connectivity index (χ2v) is 6.30. The molecule has 0 radical (unpaired) electrons. The number of ketones is 1. The van der Waals surface area contributed by atoms with Crippen LogP contribution in [0.2, 0.25) is 0 Å². The minimum atomic E-state index is -0.971. The van der Waals surface area contributed by atoms with Crippen LogP contribution in [-0.2, 0) is 11.3 Å². The van der Waals surface area contributed by atoms with Gasteiger partial charge in [-0.1, -0.05) is 0 Å². The lowest BCUT2D eigenvalue weighted by molar-refractivity contribution is -0.385. The number of rotatable bonds is 6. The van der Waals surface area contributed by atoms with Gasteiger partial charge in [0.15, 0.2) is 18.1 Å². The van der Waals surface area contributed by atoms with Crippen LogP contribution in [0.25, 0.3) is 0 Å². The summed E-state index contributed by atoms with van der Waals surface area (Å²) < 4.78 is 17.7. The van der Waals surface area contributed by atoms with E-state index in [9.17, 15) is 19.7 Å². The highest BCUT2D eigenvalue weighted by atomic mass is 16.6. The largest absolute Gasteiger partial charge is 0.486 e. The molecule has 2 heterocycles. The number of carbonyl (C=O) groups excluding carboxylic acids is 2. The average Bonchev–Trinajstić information content (AvgIpc) is 2.98. The van der Waals surface area contributed by atoms with Gasteiger partial charge in [-0.3, -0.25) is 14.9 Å². The Balaban J connectivity index is 1.80. The van der Waals surface area contributed by atoms with E-state index in [1.165, 1.54) is 6.07 Å². The summed E-state index contributed by atoms with van der Waals surface area (Å²) in [6.07, 6.45) is 0. The monoisotopic (exact) mass is 388 g/mol. The number of carbonyl (C=O) groups is 2. The molecule has 2 aromatic rings. The van der Waals surface area contributed by atoms with Gasteiger partial charge in [0.1, 0.15) is 18.8 Å². The van der Waals surface area contributed by atoms with Crippen LogP contribution in [0.5, 0.6) is 11.5 Å². The van der Waals surface area contributed by atoms with Crippen LogP contribution >= 0.6 is 0 Å². The summed E-state index contributed by atoms with van der Waals surface area (Å²) in [4.78, 5) is 35.5. The van der Waals surface area contributed by atoms with Crippen molar-refractivity contribution >= 4 is 17.4 Å². The lowest BCUT2D eigenvalue weighted by Gasteiger charge is -2.18. The lowest BCUT2D eigenvalue weighted by Crippen LogP contribution is -2.18. The van der Waals surface area contributed by atoms with Crippen molar-refractivity contribution in [1.29, 1.82) is 0 Å². The topological polar surface area (TPSA) is 110 Å². The molecule has 1 aromatic heterocycles. The van der Waals surface area contributed by atoms with Crippen molar-refractivity contribution in [1.82, 2.24) is 4.57 Å².